The summed E-state index contributed by atoms with van der Waals surface area (Å²) >= 11 is 0. The summed E-state index contributed by atoms with van der Waals surface area (Å²) < 4.78 is 0. The Labute approximate surface area is 39.1 Å². The number of hydrogen-bond acceptors (Lipinski definition) is 0. The van der Waals surface area contributed by atoms with Gasteiger partial charge in [0, 0.05) is 6.42 Å². The second kappa shape index (κ2) is 4.67. The highest BCUT2D eigenvalue weighted by atomic mass is 15.0. The Morgan fingerprint density at radius 3 is 2.33 bits per heavy atom. The molecule has 36 valence electrons. The van der Waals surface area contributed by atoms with Crippen molar-refractivity contribution in [2.24, 2.45) is 0 Å². The van der Waals surface area contributed by atoms with Crippen molar-refractivity contribution in [3.05, 3.63) is 0 Å². The summed E-state index contributed by atoms with van der Waals surface area (Å²) in [6, 6.07) is 0. The van der Waals surface area contributed by atoms with Crippen molar-refractivity contribution in [1.82, 2.24) is 0 Å². The van der Waals surface area contributed by atoms with E-state index in [1.165, 1.54) is 0 Å². The highest BCUT2D eigenvalue weighted by Gasteiger charge is 1.67. The number of hydrogen-bond donors (Lipinski definition) is 1. The third-order valence-corrected chi connectivity index (χ3v) is 0.553. The topological polar surface area (TPSA) is 14.0 Å². The van der Waals surface area contributed by atoms with Gasteiger partial charge in [0.1, 0.15) is 12.8 Å². The molecule has 0 unspecified atom stereocenters. The first-order valence-corrected chi connectivity index (χ1v) is 2.46. The molecule has 0 aliphatic carbocycles. The van der Waals surface area contributed by atoms with Crippen molar-refractivity contribution in [3.63, 3.8) is 0 Å². The molecule has 0 amide bonds. The van der Waals surface area contributed by atoms with Crippen molar-refractivity contribution < 1.29 is 4.99 Å². The molecule has 0 radical (unpaired) electrons. The van der Waals surface area contributed by atoms with Crippen LogP contribution in [0.4, 0.5) is 0 Å². The lowest BCUT2D eigenvalue weighted by Gasteiger charge is -1.66. The quantitative estimate of drug-likeness (QED) is 0.350. The van der Waals surface area contributed by atoms with Crippen LogP contribution in [-0.2, 0) is 0 Å². The summed E-state index contributed by atoms with van der Waals surface area (Å²) in [5.41, 5.74) is 0. The highest BCUT2D eigenvalue weighted by molar-refractivity contribution is 5.48. The third-order valence-electron chi connectivity index (χ3n) is 0.553. The standard InChI is InChI=1S/C5H11N/c1-3-5-6-4-2/h5H,3-4H2,1-2H3/p+1/i1+1,2+1,3+1,4+1,5+1. The number of nitrogens with one attached hydrogen (secondary N) is 1. The van der Waals surface area contributed by atoms with Gasteiger partial charge in [0.05, 0.1) is 0 Å². The van der Waals surface area contributed by atoms with Gasteiger partial charge in [-0.2, -0.15) is 0 Å². The Balaban J connectivity index is 2.73. The van der Waals surface area contributed by atoms with Crippen LogP contribution < -0.4 is 4.99 Å². The number of rotatable bonds is 2. The van der Waals surface area contributed by atoms with Crippen LogP contribution in [0.25, 0.3) is 0 Å². The smallest absolute Gasteiger partial charge is 0.137 e. The average molecular weight is 91.1 g/mol. The van der Waals surface area contributed by atoms with Crippen LogP contribution in [0, 0.1) is 0 Å². The summed E-state index contributed by atoms with van der Waals surface area (Å²) in [4.78, 5) is 3.07. The molecule has 0 spiro atoms. The zero-order chi connectivity index (χ0) is 4.83. The largest absolute Gasteiger partial charge is 0.252 e. The average Bonchev–Trinajstić information content (AvgIpc) is 1.61. The van der Waals surface area contributed by atoms with Crippen molar-refractivity contribution in [1.29, 1.82) is 0 Å². The summed E-state index contributed by atoms with van der Waals surface area (Å²) in [5.74, 6) is 0. The Hall–Kier alpha value is -0.330. The second-order valence-electron chi connectivity index (χ2n) is 1.17. The molecule has 0 saturated carbocycles. The second-order valence-corrected chi connectivity index (χ2v) is 1.17. The Morgan fingerprint density at radius 1 is 1.50 bits per heavy atom. The molecule has 0 rings (SSSR count). The molecular weight excluding hydrogens is 79.0 g/mol. The van der Waals surface area contributed by atoms with E-state index < -0.39 is 0 Å². The lowest BCUT2D eigenvalue weighted by Crippen LogP contribution is -2.67. The first kappa shape index (κ1) is 5.67. The predicted octanol–water partition coefficient (Wildman–Crippen LogP) is -0.432. The fraction of sp³-hybridized carbons (Fsp3) is 0.800. The normalized spacial score (nSPS) is 10.3. The maximum atomic E-state index is 3.07. The fourth-order valence-corrected chi connectivity index (χ4v) is 0.289. The van der Waals surface area contributed by atoms with Crippen LogP contribution in [0.2, 0.25) is 0 Å². The molecule has 0 bridgehead atoms. The molecule has 0 saturated heterocycles. The molecule has 6 heavy (non-hydrogen) atoms. The van der Waals surface area contributed by atoms with E-state index in [2.05, 4.69) is 25.1 Å². The van der Waals surface area contributed by atoms with Gasteiger partial charge in [0.25, 0.3) is 0 Å². The van der Waals surface area contributed by atoms with Gasteiger partial charge >= 0.3 is 0 Å². The van der Waals surface area contributed by atoms with Crippen LogP contribution in [0.3, 0.4) is 0 Å². The molecule has 0 aromatic rings. The van der Waals surface area contributed by atoms with E-state index in [4.69, 9.17) is 0 Å². The molecular formula is C5H12N+. The van der Waals surface area contributed by atoms with E-state index in [0.717, 1.165) is 13.0 Å². The van der Waals surface area contributed by atoms with Crippen molar-refractivity contribution in [3.8, 4) is 0 Å². The summed E-state index contributed by atoms with van der Waals surface area (Å²) in [6.45, 7) is 5.25. The Bertz CT molecular complexity index is 33.2. The zero-order valence-electron chi connectivity index (χ0n) is 4.49. The molecule has 0 atom stereocenters. The predicted molar refractivity (Wildman–Crippen MR) is 27.9 cm³/mol. The van der Waals surface area contributed by atoms with Crippen LogP contribution in [0.15, 0.2) is 0 Å². The maximum absolute atomic E-state index is 3.07. The minimum Gasteiger partial charge on any atom is -0.252 e. The van der Waals surface area contributed by atoms with E-state index in [9.17, 15) is 0 Å². The summed E-state index contributed by atoms with van der Waals surface area (Å²) in [5, 5.41) is 0. The molecule has 0 aliphatic heterocycles. The molecule has 0 heterocycles. The molecule has 0 fully saturated rings. The molecule has 1 N–H and O–H groups in total. The van der Waals surface area contributed by atoms with E-state index >= 15 is 0 Å². The van der Waals surface area contributed by atoms with E-state index in [-0.39, 0.29) is 0 Å². The van der Waals surface area contributed by atoms with E-state index in [1.54, 1.807) is 0 Å². The first-order valence-electron chi connectivity index (χ1n) is 2.46. The van der Waals surface area contributed by atoms with E-state index in [0.29, 0.717) is 0 Å². The maximum Gasteiger partial charge on any atom is 0.137 e. The molecule has 1 heteroatoms. The molecule has 1 nitrogen and oxygen atoms in total. The Morgan fingerprint density at radius 2 is 2.17 bits per heavy atom. The molecule has 0 aromatic carbocycles. The first-order chi connectivity index (χ1) is 2.91. The molecule has 0 aromatic heterocycles. The summed E-state index contributed by atoms with van der Waals surface area (Å²) in [6.07, 6.45) is 3.17. The van der Waals surface area contributed by atoms with Crippen LogP contribution >= 0.6 is 0 Å². The Kier molecular flexibility index (Phi) is 4.41. The SMILES string of the molecule is [13CH3][13CH2][13CH]=[NH+][13CH2][13CH3]. The van der Waals surface area contributed by atoms with Crippen molar-refractivity contribution in [2.45, 2.75) is 20.3 Å². The van der Waals surface area contributed by atoms with Gasteiger partial charge in [-0.05, 0) is 6.92 Å². The van der Waals surface area contributed by atoms with E-state index in [1.807, 2.05) is 0 Å². The minimum absolute atomic E-state index is 1.05. The zero-order valence-corrected chi connectivity index (χ0v) is 4.49. The molecule has 0 aliphatic rings. The monoisotopic (exact) mass is 91.1 g/mol. The van der Waals surface area contributed by atoms with Crippen molar-refractivity contribution >= 4 is 6.21 Å². The lowest BCUT2D eigenvalue weighted by molar-refractivity contribution is -0.448. The van der Waals surface area contributed by atoms with Crippen molar-refractivity contribution in [2.75, 3.05) is 6.54 Å². The van der Waals surface area contributed by atoms with Crippen LogP contribution in [-0.4, -0.2) is 12.8 Å². The third kappa shape index (κ3) is 3.67. The van der Waals surface area contributed by atoms with Gasteiger partial charge in [0.15, 0.2) is 0 Å². The van der Waals surface area contributed by atoms with Gasteiger partial charge < -0.3 is 0 Å². The lowest BCUT2D eigenvalue weighted by atomic mass is 11.5. The van der Waals surface area contributed by atoms with Gasteiger partial charge in [-0.15, -0.1) is 0 Å². The van der Waals surface area contributed by atoms with Gasteiger partial charge in [-0.25, -0.2) is 0 Å². The highest BCUT2D eigenvalue weighted by Crippen LogP contribution is 1.51. The fourth-order valence-electron chi connectivity index (χ4n) is 0.289. The van der Waals surface area contributed by atoms with Gasteiger partial charge in [0.2, 0.25) is 0 Å². The van der Waals surface area contributed by atoms with Gasteiger partial charge in [-0.3, -0.25) is 4.99 Å². The van der Waals surface area contributed by atoms with Gasteiger partial charge in [-0.1, -0.05) is 6.92 Å². The van der Waals surface area contributed by atoms with Crippen LogP contribution in [0.5, 0.6) is 0 Å². The summed E-state index contributed by atoms with van der Waals surface area (Å²) in [7, 11) is 0. The minimum atomic E-state index is 1.05. The van der Waals surface area contributed by atoms with Crippen LogP contribution in [0.1, 0.15) is 20.3 Å².